The molecule has 2 fully saturated rings. The molecule has 2 amide bonds. The Balaban J connectivity index is 1.57. The minimum Gasteiger partial charge on any atom is -0.497 e. The van der Waals surface area contributed by atoms with Gasteiger partial charge in [-0.2, -0.15) is 0 Å². The SMILES string of the molecule is COc1cccc(N2CC(C(=O)NCC(CC(C)C)N3CCOCC3)CC2=O)c1. The van der Waals surface area contributed by atoms with Gasteiger partial charge in [-0.05, 0) is 24.5 Å². The van der Waals surface area contributed by atoms with Gasteiger partial charge in [-0.1, -0.05) is 19.9 Å². The Bertz CT molecular complexity index is 703. The number of ether oxygens (including phenoxy) is 2. The average molecular weight is 404 g/mol. The molecule has 7 heteroatoms. The number of rotatable bonds is 8. The third-order valence-corrected chi connectivity index (χ3v) is 5.68. The maximum atomic E-state index is 12.8. The van der Waals surface area contributed by atoms with Crippen LogP contribution >= 0.6 is 0 Å². The number of carbonyl (C=O) groups excluding carboxylic acids is 2. The Kier molecular flexibility index (Phi) is 7.50. The third kappa shape index (κ3) is 5.70. The number of methoxy groups -OCH3 is 1. The summed E-state index contributed by atoms with van der Waals surface area (Å²) >= 11 is 0. The van der Waals surface area contributed by atoms with Gasteiger partial charge in [0.15, 0.2) is 0 Å². The minimum absolute atomic E-state index is 0.0229. The van der Waals surface area contributed by atoms with E-state index in [1.807, 2.05) is 24.3 Å². The van der Waals surface area contributed by atoms with Crippen molar-refractivity contribution in [1.29, 1.82) is 0 Å². The van der Waals surface area contributed by atoms with Crippen molar-refractivity contribution in [2.45, 2.75) is 32.7 Å². The van der Waals surface area contributed by atoms with E-state index in [0.29, 0.717) is 30.8 Å². The second-order valence-corrected chi connectivity index (χ2v) is 8.28. The minimum atomic E-state index is -0.321. The van der Waals surface area contributed by atoms with E-state index in [2.05, 4.69) is 24.1 Å². The molecule has 0 bridgehead atoms. The van der Waals surface area contributed by atoms with Crippen LogP contribution in [-0.2, 0) is 14.3 Å². The lowest BCUT2D eigenvalue weighted by Gasteiger charge is -2.35. The number of morpholine rings is 1. The van der Waals surface area contributed by atoms with Crippen molar-refractivity contribution in [2.75, 3.05) is 51.4 Å². The topological polar surface area (TPSA) is 71.1 Å². The van der Waals surface area contributed by atoms with E-state index in [-0.39, 0.29) is 24.2 Å². The molecular weight excluding hydrogens is 370 g/mol. The maximum Gasteiger partial charge on any atom is 0.227 e. The predicted molar refractivity (Wildman–Crippen MR) is 112 cm³/mol. The predicted octanol–water partition coefficient (Wildman–Crippen LogP) is 1.91. The van der Waals surface area contributed by atoms with Gasteiger partial charge in [-0.3, -0.25) is 14.5 Å². The molecule has 0 aromatic heterocycles. The molecule has 7 nitrogen and oxygen atoms in total. The van der Waals surface area contributed by atoms with Gasteiger partial charge in [0, 0.05) is 50.4 Å². The van der Waals surface area contributed by atoms with Crippen molar-refractivity contribution in [3.63, 3.8) is 0 Å². The van der Waals surface area contributed by atoms with Crippen LogP contribution in [0, 0.1) is 11.8 Å². The molecule has 1 N–H and O–H groups in total. The molecule has 3 rings (SSSR count). The van der Waals surface area contributed by atoms with E-state index >= 15 is 0 Å². The van der Waals surface area contributed by atoms with Crippen LogP contribution < -0.4 is 15.0 Å². The van der Waals surface area contributed by atoms with Gasteiger partial charge in [-0.25, -0.2) is 0 Å². The first-order valence-corrected chi connectivity index (χ1v) is 10.5. The molecule has 1 aromatic rings. The summed E-state index contributed by atoms with van der Waals surface area (Å²) in [5, 5.41) is 3.12. The normalized spacial score (nSPS) is 21.4. The van der Waals surface area contributed by atoms with Crippen LogP contribution in [0.1, 0.15) is 26.7 Å². The number of benzene rings is 1. The highest BCUT2D eigenvalue weighted by Gasteiger charge is 2.35. The van der Waals surface area contributed by atoms with Gasteiger partial charge in [-0.15, -0.1) is 0 Å². The zero-order chi connectivity index (χ0) is 20.8. The molecular formula is C22H33N3O4. The van der Waals surface area contributed by atoms with Gasteiger partial charge >= 0.3 is 0 Å². The molecule has 0 saturated carbocycles. The van der Waals surface area contributed by atoms with Crippen LogP contribution in [0.15, 0.2) is 24.3 Å². The monoisotopic (exact) mass is 403 g/mol. The molecule has 1 aromatic carbocycles. The second-order valence-electron chi connectivity index (χ2n) is 8.28. The van der Waals surface area contributed by atoms with E-state index < -0.39 is 0 Å². The summed E-state index contributed by atoms with van der Waals surface area (Å²) in [5.74, 6) is 0.871. The highest BCUT2D eigenvalue weighted by Crippen LogP contribution is 2.28. The van der Waals surface area contributed by atoms with Gasteiger partial charge in [0.2, 0.25) is 11.8 Å². The molecule has 29 heavy (non-hydrogen) atoms. The highest BCUT2D eigenvalue weighted by molar-refractivity contribution is 6.00. The Morgan fingerprint density at radius 2 is 2.07 bits per heavy atom. The largest absolute Gasteiger partial charge is 0.497 e. The van der Waals surface area contributed by atoms with E-state index in [4.69, 9.17) is 9.47 Å². The Morgan fingerprint density at radius 1 is 1.31 bits per heavy atom. The molecule has 2 atom stereocenters. The second kappa shape index (κ2) is 10.1. The Morgan fingerprint density at radius 3 is 2.76 bits per heavy atom. The van der Waals surface area contributed by atoms with Crippen LogP contribution in [0.5, 0.6) is 5.75 Å². The van der Waals surface area contributed by atoms with E-state index in [9.17, 15) is 9.59 Å². The molecule has 0 spiro atoms. The first-order valence-electron chi connectivity index (χ1n) is 10.5. The average Bonchev–Trinajstić information content (AvgIpc) is 3.13. The summed E-state index contributed by atoms with van der Waals surface area (Å²) < 4.78 is 10.7. The van der Waals surface area contributed by atoms with Gasteiger partial charge < -0.3 is 19.7 Å². The molecule has 2 saturated heterocycles. The number of hydrogen-bond acceptors (Lipinski definition) is 5. The molecule has 2 heterocycles. The molecule has 2 unspecified atom stereocenters. The number of nitrogens with zero attached hydrogens (tertiary/aromatic N) is 2. The number of hydrogen-bond donors (Lipinski definition) is 1. The van der Waals surface area contributed by atoms with Crippen LogP contribution in [-0.4, -0.2) is 69.3 Å². The van der Waals surface area contributed by atoms with Crippen molar-refractivity contribution in [1.82, 2.24) is 10.2 Å². The lowest BCUT2D eigenvalue weighted by atomic mass is 10.0. The first-order chi connectivity index (χ1) is 14.0. The number of anilines is 1. The fourth-order valence-electron chi connectivity index (χ4n) is 4.12. The van der Waals surface area contributed by atoms with Crippen molar-refractivity contribution >= 4 is 17.5 Å². The smallest absolute Gasteiger partial charge is 0.227 e. The van der Waals surface area contributed by atoms with Gasteiger partial charge in [0.05, 0.1) is 26.2 Å². The molecule has 2 aliphatic heterocycles. The summed E-state index contributed by atoms with van der Waals surface area (Å²) in [6.45, 7) is 8.72. The molecule has 160 valence electrons. The van der Waals surface area contributed by atoms with Crippen molar-refractivity contribution in [3.8, 4) is 5.75 Å². The summed E-state index contributed by atoms with van der Waals surface area (Å²) in [6.07, 6.45) is 1.27. The zero-order valence-corrected chi connectivity index (χ0v) is 17.7. The zero-order valence-electron chi connectivity index (χ0n) is 17.7. The fourth-order valence-corrected chi connectivity index (χ4v) is 4.12. The first kappa shape index (κ1) is 21.6. The molecule has 0 radical (unpaired) electrons. The lowest BCUT2D eigenvalue weighted by molar-refractivity contribution is -0.126. The van der Waals surface area contributed by atoms with Crippen LogP contribution in [0.2, 0.25) is 0 Å². The standard InChI is InChI=1S/C22H33N3O4/c1-16(2)11-19(24-7-9-29-10-8-24)14-23-22(27)17-12-21(26)25(15-17)18-5-4-6-20(13-18)28-3/h4-6,13,16-17,19H,7-12,14-15H2,1-3H3,(H,23,27). The highest BCUT2D eigenvalue weighted by atomic mass is 16.5. The van der Waals surface area contributed by atoms with Gasteiger partial charge in [0.1, 0.15) is 5.75 Å². The number of nitrogens with one attached hydrogen (secondary N) is 1. The number of amides is 2. The Hall–Kier alpha value is -2.12. The van der Waals surface area contributed by atoms with Crippen molar-refractivity contribution < 1.29 is 19.1 Å². The van der Waals surface area contributed by atoms with Crippen molar-refractivity contribution in [2.24, 2.45) is 11.8 Å². The summed E-state index contributed by atoms with van der Waals surface area (Å²) in [6, 6.07) is 7.70. The van der Waals surface area contributed by atoms with E-state index in [1.54, 1.807) is 12.0 Å². The van der Waals surface area contributed by atoms with E-state index in [0.717, 1.165) is 38.4 Å². The summed E-state index contributed by atoms with van der Waals surface area (Å²) in [4.78, 5) is 29.4. The maximum absolute atomic E-state index is 12.8. The molecule has 2 aliphatic rings. The van der Waals surface area contributed by atoms with Crippen LogP contribution in [0.3, 0.4) is 0 Å². The number of carbonyl (C=O) groups is 2. The lowest BCUT2D eigenvalue weighted by Crippen LogP contribution is -2.50. The van der Waals surface area contributed by atoms with E-state index in [1.165, 1.54) is 0 Å². The molecule has 0 aliphatic carbocycles. The van der Waals surface area contributed by atoms with Crippen LogP contribution in [0.25, 0.3) is 0 Å². The van der Waals surface area contributed by atoms with Gasteiger partial charge in [0.25, 0.3) is 0 Å². The quantitative estimate of drug-likeness (QED) is 0.718. The Labute approximate surface area is 173 Å². The van der Waals surface area contributed by atoms with Crippen LogP contribution in [0.4, 0.5) is 5.69 Å². The summed E-state index contributed by atoms with van der Waals surface area (Å²) in [5.41, 5.74) is 0.774. The van der Waals surface area contributed by atoms with Crippen molar-refractivity contribution in [3.05, 3.63) is 24.3 Å². The fraction of sp³-hybridized carbons (Fsp3) is 0.636. The third-order valence-electron chi connectivity index (χ3n) is 5.68. The summed E-state index contributed by atoms with van der Waals surface area (Å²) in [7, 11) is 1.60.